The zero-order chi connectivity index (χ0) is 16.8. The Kier molecular flexibility index (Phi) is 5.47. The first-order valence-corrected chi connectivity index (χ1v) is 7.17. The van der Waals surface area contributed by atoms with Crippen LogP contribution in [0.15, 0.2) is 54.2 Å². The summed E-state index contributed by atoms with van der Waals surface area (Å²) in [6.07, 6.45) is 1.27. The summed E-state index contributed by atoms with van der Waals surface area (Å²) in [7, 11) is 0. The van der Waals surface area contributed by atoms with Crippen molar-refractivity contribution in [3.8, 4) is 11.8 Å². The first-order chi connectivity index (χ1) is 11.0. The molecule has 0 aliphatic carbocycles. The van der Waals surface area contributed by atoms with Crippen LogP contribution in [0, 0.1) is 11.3 Å². The van der Waals surface area contributed by atoms with Crippen molar-refractivity contribution in [2.24, 2.45) is 0 Å². The van der Waals surface area contributed by atoms with Crippen LogP contribution in [0.4, 0.5) is 11.4 Å². The fraction of sp³-hybridized carbons (Fsp3) is 0. The molecule has 3 N–H and O–H groups in total. The number of hydrogen-bond acceptors (Lipinski definition) is 4. The molecule has 1 amide bonds. The van der Waals surface area contributed by atoms with Gasteiger partial charge < -0.3 is 15.7 Å². The molecule has 2 aromatic rings. The van der Waals surface area contributed by atoms with Crippen LogP contribution in [0.1, 0.15) is 0 Å². The van der Waals surface area contributed by atoms with E-state index in [-0.39, 0.29) is 11.3 Å². The van der Waals surface area contributed by atoms with E-state index in [0.717, 1.165) is 0 Å². The number of hydrogen-bond donors (Lipinski definition) is 3. The second-order valence-corrected chi connectivity index (χ2v) is 5.26. The first kappa shape index (κ1) is 16.7. The normalized spacial score (nSPS) is 10.7. The van der Waals surface area contributed by atoms with Crippen molar-refractivity contribution in [3.63, 3.8) is 0 Å². The maximum atomic E-state index is 12.0. The molecular weight excluding hydrogens is 337 g/mol. The van der Waals surface area contributed by atoms with Crippen molar-refractivity contribution in [2.45, 2.75) is 0 Å². The Morgan fingerprint density at radius 1 is 1.09 bits per heavy atom. The zero-order valence-electron chi connectivity index (χ0n) is 11.7. The van der Waals surface area contributed by atoms with Gasteiger partial charge >= 0.3 is 0 Å². The number of halogens is 2. The number of anilines is 2. The van der Waals surface area contributed by atoms with Gasteiger partial charge in [-0.05, 0) is 42.5 Å². The second-order valence-electron chi connectivity index (χ2n) is 4.44. The van der Waals surface area contributed by atoms with E-state index in [9.17, 15) is 9.90 Å². The molecule has 0 radical (unpaired) electrons. The van der Waals surface area contributed by atoms with Gasteiger partial charge in [0.2, 0.25) is 0 Å². The molecule has 2 aromatic carbocycles. The minimum Gasteiger partial charge on any atom is -0.508 e. The van der Waals surface area contributed by atoms with Gasteiger partial charge in [-0.25, -0.2) is 0 Å². The summed E-state index contributed by atoms with van der Waals surface area (Å²) in [5, 5.41) is 24.4. The number of nitriles is 1. The number of phenols is 1. The average Bonchev–Trinajstić information content (AvgIpc) is 2.53. The van der Waals surface area contributed by atoms with Crippen LogP contribution in [0.5, 0.6) is 5.75 Å². The van der Waals surface area contributed by atoms with Crippen molar-refractivity contribution in [2.75, 3.05) is 10.6 Å². The smallest absolute Gasteiger partial charge is 0.267 e. The van der Waals surface area contributed by atoms with Gasteiger partial charge in [-0.2, -0.15) is 5.26 Å². The average molecular weight is 348 g/mol. The Morgan fingerprint density at radius 2 is 1.74 bits per heavy atom. The molecule has 0 aliphatic rings. The molecule has 0 aromatic heterocycles. The highest BCUT2D eigenvalue weighted by atomic mass is 35.5. The third-order valence-corrected chi connectivity index (χ3v) is 3.53. The summed E-state index contributed by atoms with van der Waals surface area (Å²) in [5.41, 5.74) is 0.928. The molecule has 0 atom stereocenters. The van der Waals surface area contributed by atoms with Crippen LogP contribution in [-0.4, -0.2) is 11.0 Å². The van der Waals surface area contributed by atoms with Crippen LogP contribution in [0.25, 0.3) is 0 Å². The number of phenolic OH excluding ortho intramolecular Hbond substituents is 1. The molecule has 2 rings (SSSR count). The standard InChI is InChI=1S/C16H11Cl2N3O2/c17-14-6-3-12(7-15(14)18)20-9-10(8-19)16(23)21-11-1-4-13(22)5-2-11/h1-7,9,20,22H,(H,21,23)/b10-9-. The molecule has 0 bridgehead atoms. The number of amides is 1. The highest BCUT2D eigenvalue weighted by Gasteiger charge is 2.09. The quantitative estimate of drug-likeness (QED) is 0.440. The van der Waals surface area contributed by atoms with E-state index in [1.807, 2.05) is 6.07 Å². The van der Waals surface area contributed by atoms with Gasteiger partial charge in [-0.15, -0.1) is 0 Å². The summed E-state index contributed by atoms with van der Waals surface area (Å²) in [5.74, 6) is -0.494. The Morgan fingerprint density at radius 3 is 2.35 bits per heavy atom. The van der Waals surface area contributed by atoms with Gasteiger partial charge in [0, 0.05) is 17.6 Å². The lowest BCUT2D eigenvalue weighted by Gasteiger charge is -2.06. The van der Waals surface area contributed by atoms with Gasteiger partial charge in [-0.3, -0.25) is 4.79 Å². The van der Waals surface area contributed by atoms with Gasteiger partial charge in [0.25, 0.3) is 5.91 Å². The fourth-order valence-corrected chi connectivity index (χ4v) is 1.93. The SMILES string of the molecule is N#C/C(=C/Nc1ccc(Cl)c(Cl)c1)C(=O)Nc1ccc(O)cc1. The summed E-state index contributed by atoms with van der Waals surface area (Å²) >= 11 is 11.7. The highest BCUT2D eigenvalue weighted by Crippen LogP contribution is 2.25. The number of nitrogens with one attached hydrogen (secondary N) is 2. The summed E-state index contributed by atoms with van der Waals surface area (Å²) in [4.78, 5) is 12.0. The topological polar surface area (TPSA) is 85.2 Å². The van der Waals surface area contributed by atoms with E-state index in [2.05, 4.69) is 10.6 Å². The molecule has 0 aliphatic heterocycles. The highest BCUT2D eigenvalue weighted by molar-refractivity contribution is 6.42. The van der Waals surface area contributed by atoms with Crippen LogP contribution < -0.4 is 10.6 Å². The summed E-state index contributed by atoms with van der Waals surface area (Å²) < 4.78 is 0. The van der Waals surface area contributed by atoms with Gasteiger partial charge in [0.1, 0.15) is 17.4 Å². The predicted octanol–water partition coefficient (Wildman–Crippen LogP) is 4.16. The van der Waals surface area contributed by atoms with Crippen molar-refractivity contribution in [1.29, 1.82) is 5.26 Å². The summed E-state index contributed by atoms with van der Waals surface area (Å²) in [6, 6.07) is 12.6. The fourth-order valence-electron chi connectivity index (χ4n) is 1.63. The van der Waals surface area contributed by atoms with Crippen molar-refractivity contribution >= 4 is 40.5 Å². The zero-order valence-corrected chi connectivity index (χ0v) is 13.2. The molecule has 0 heterocycles. The minimum atomic E-state index is -0.578. The van der Waals surface area contributed by atoms with E-state index in [1.165, 1.54) is 30.5 Å². The molecule has 7 heteroatoms. The van der Waals surface area contributed by atoms with Gasteiger partial charge in [-0.1, -0.05) is 23.2 Å². The summed E-state index contributed by atoms with van der Waals surface area (Å²) in [6.45, 7) is 0. The third kappa shape index (κ3) is 4.65. The predicted molar refractivity (Wildman–Crippen MR) is 90.5 cm³/mol. The lowest BCUT2D eigenvalue weighted by molar-refractivity contribution is -0.112. The Labute approximate surface area is 142 Å². The van der Waals surface area contributed by atoms with Crippen molar-refractivity contribution < 1.29 is 9.90 Å². The maximum absolute atomic E-state index is 12.0. The van der Waals surface area contributed by atoms with Crippen LogP contribution in [-0.2, 0) is 4.79 Å². The third-order valence-electron chi connectivity index (χ3n) is 2.79. The molecule has 0 unspecified atom stereocenters. The van der Waals surface area contributed by atoms with Crippen LogP contribution in [0.2, 0.25) is 10.0 Å². The molecule has 0 saturated heterocycles. The van der Waals surface area contributed by atoms with E-state index < -0.39 is 5.91 Å². The minimum absolute atomic E-state index is 0.0836. The number of carbonyl (C=O) groups is 1. The lowest BCUT2D eigenvalue weighted by atomic mass is 10.2. The number of nitrogens with zero attached hydrogens (tertiary/aromatic N) is 1. The van der Waals surface area contributed by atoms with Crippen molar-refractivity contribution in [3.05, 3.63) is 64.3 Å². The van der Waals surface area contributed by atoms with Gasteiger partial charge in [0.05, 0.1) is 10.0 Å². The molecule has 0 spiro atoms. The molecule has 116 valence electrons. The number of benzene rings is 2. The Bertz CT molecular complexity index is 796. The van der Waals surface area contributed by atoms with Gasteiger partial charge in [0.15, 0.2) is 0 Å². The maximum Gasteiger partial charge on any atom is 0.267 e. The number of aromatic hydroxyl groups is 1. The van der Waals surface area contributed by atoms with E-state index in [4.69, 9.17) is 28.5 Å². The van der Waals surface area contributed by atoms with E-state index >= 15 is 0 Å². The first-order valence-electron chi connectivity index (χ1n) is 6.42. The van der Waals surface area contributed by atoms with Crippen LogP contribution >= 0.6 is 23.2 Å². The molecule has 0 fully saturated rings. The van der Waals surface area contributed by atoms with E-state index in [1.54, 1.807) is 18.2 Å². The Balaban J connectivity index is 2.08. The Hall–Kier alpha value is -2.68. The van der Waals surface area contributed by atoms with Crippen LogP contribution in [0.3, 0.4) is 0 Å². The van der Waals surface area contributed by atoms with Crippen molar-refractivity contribution in [1.82, 2.24) is 0 Å². The van der Waals surface area contributed by atoms with E-state index in [0.29, 0.717) is 21.4 Å². The molecule has 23 heavy (non-hydrogen) atoms. The largest absolute Gasteiger partial charge is 0.508 e. The molecule has 5 nitrogen and oxygen atoms in total. The number of rotatable bonds is 4. The lowest BCUT2D eigenvalue weighted by Crippen LogP contribution is -2.14. The molecular formula is C16H11Cl2N3O2. The monoisotopic (exact) mass is 347 g/mol. The molecule has 0 saturated carbocycles. The number of carbonyl (C=O) groups excluding carboxylic acids is 1. The second kappa shape index (κ2) is 7.54.